The summed E-state index contributed by atoms with van der Waals surface area (Å²) < 4.78 is 0. The van der Waals surface area contributed by atoms with Gasteiger partial charge >= 0.3 is 0 Å². The van der Waals surface area contributed by atoms with Crippen LogP contribution in [0.4, 0.5) is 0 Å². The Labute approximate surface area is 120 Å². The smallest absolute Gasteiger partial charge is 0.226 e. The summed E-state index contributed by atoms with van der Waals surface area (Å²) in [4.78, 5) is 12.8. The molecule has 5 rings (SSSR count). The molecule has 0 aromatic carbocycles. The Morgan fingerprint density at radius 3 is 2.25 bits per heavy atom. The third kappa shape index (κ3) is 2.08. The summed E-state index contributed by atoms with van der Waals surface area (Å²) in [5, 5.41) is 16.6. The fraction of sp³-hybridized carbons (Fsp3) is 0.938. The van der Waals surface area contributed by atoms with Gasteiger partial charge in [0.05, 0.1) is 5.60 Å². The number of hydrogen-bond acceptors (Lipinski definition) is 3. The van der Waals surface area contributed by atoms with Gasteiger partial charge in [-0.2, -0.15) is 0 Å². The van der Waals surface area contributed by atoms with Crippen LogP contribution in [0.15, 0.2) is 0 Å². The summed E-state index contributed by atoms with van der Waals surface area (Å²) in [6.45, 7) is 1.87. The van der Waals surface area contributed by atoms with Gasteiger partial charge in [-0.3, -0.25) is 4.79 Å². The molecular weight excluding hydrogens is 252 g/mol. The first-order valence-electron chi connectivity index (χ1n) is 8.28. The first kappa shape index (κ1) is 13.1. The van der Waals surface area contributed by atoms with Gasteiger partial charge in [0.2, 0.25) is 5.91 Å². The second-order valence-corrected chi connectivity index (χ2v) is 8.03. The highest BCUT2D eigenvalue weighted by Crippen LogP contribution is 2.60. The van der Waals surface area contributed by atoms with Crippen LogP contribution >= 0.6 is 0 Å². The first-order chi connectivity index (χ1) is 9.57. The van der Waals surface area contributed by atoms with E-state index >= 15 is 0 Å². The van der Waals surface area contributed by atoms with Crippen molar-refractivity contribution in [3.05, 3.63) is 0 Å². The lowest BCUT2D eigenvalue weighted by Gasteiger charge is -2.55. The van der Waals surface area contributed by atoms with E-state index in [0.717, 1.165) is 50.0 Å². The fourth-order valence-electron chi connectivity index (χ4n) is 5.70. The van der Waals surface area contributed by atoms with Crippen molar-refractivity contribution in [2.24, 2.45) is 23.2 Å². The summed E-state index contributed by atoms with van der Waals surface area (Å²) in [5.41, 5.74) is -0.810. The largest absolute Gasteiger partial charge is 0.387 e. The molecule has 0 aromatic rings. The van der Waals surface area contributed by atoms with Crippen molar-refractivity contribution in [3.8, 4) is 0 Å². The van der Waals surface area contributed by atoms with Crippen molar-refractivity contribution in [2.45, 2.75) is 50.5 Å². The second kappa shape index (κ2) is 4.44. The number of aliphatic hydroxyl groups is 1. The van der Waals surface area contributed by atoms with E-state index in [4.69, 9.17) is 0 Å². The molecule has 1 heterocycles. The molecular formula is C16H26N2O2. The van der Waals surface area contributed by atoms with E-state index in [9.17, 15) is 9.90 Å². The molecule has 1 atom stereocenters. The zero-order valence-corrected chi connectivity index (χ0v) is 12.2. The van der Waals surface area contributed by atoms with Gasteiger partial charge in [-0.05, 0) is 69.2 Å². The van der Waals surface area contributed by atoms with Crippen LogP contribution in [0.5, 0.6) is 0 Å². The van der Waals surface area contributed by atoms with Gasteiger partial charge in [-0.15, -0.1) is 0 Å². The van der Waals surface area contributed by atoms with Gasteiger partial charge in [0, 0.05) is 18.5 Å². The Morgan fingerprint density at radius 1 is 1.15 bits per heavy atom. The van der Waals surface area contributed by atoms with Crippen LogP contribution in [0.2, 0.25) is 0 Å². The quantitative estimate of drug-likeness (QED) is 0.723. The predicted molar refractivity (Wildman–Crippen MR) is 76.1 cm³/mol. The van der Waals surface area contributed by atoms with Crippen LogP contribution in [-0.4, -0.2) is 36.2 Å². The van der Waals surface area contributed by atoms with Gasteiger partial charge in [-0.25, -0.2) is 0 Å². The summed E-state index contributed by atoms with van der Waals surface area (Å²) >= 11 is 0. The molecule has 3 N–H and O–H groups in total. The minimum atomic E-state index is -0.724. The number of amides is 1. The maximum absolute atomic E-state index is 12.8. The van der Waals surface area contributed by atoms with E-state index in [1.165, 1.54) is 19.3 Å². The molecule has 20 heavy (non-hydrogen) atoms. The van der Waals surface area contributed by atoms with Gasteiger partial charge in [-0.1, -0.05) is 0 Å². The zero-order chi connectivity index (χ0) is 13.8. The van der Waals surface area contributed by atoms with Crippen LogP contribution in [0.25, 0.3) is 0 Å². The first-order valence-corrected chi connectivity index (χ1v) is 8.28. The lowest BCUT2D eigenvalue weighted by atomic mass is 9.49. The Bertz CT molecular complexity index is 379. The molecule has 4 nitrogen and oxygen atoms in total. The molecule has 4 bridgehead atoms. The standard InChI is InChI=1S/C16H26N2O2/c19-14(18-10-16(20)1-2-17-9-16)15-6-11-3-12(7-15)5-13(4-11)8-15/h11-13,17,20H,1-10H2,(H,18,19). The molecule has 4 aliphatic carbocycles. The molecule has 4 saturated carbocycles. The highest BCUT2D eigenvalue weighted by Gasteiger charge is 2.54. The minimum Gasteiger partial charge on any atom is -0.387 e. The van der Waals surface area contributed by atoms with Crippen LogP contribution in [0.1, 0.15) is 44.9 Å². The molecule has 5 fully saturated rings. The van der Waals surface area contributed by atoms with Crippen molar-refractivity contribution in [1.82, 2.24) is 10.6 Å². The minimum absolute atomic E-state index is 0.0862. The summed E-state index contributed by atoms with van der Waals surface area (Å²) in [6, 6.07) is 0. The SMILES string of the molecule is O=C(NCC1(O)CCNC1)C12CC3CC(CC(C3)C1)C2. The van der Waals surface area contributed by atoms with E-state index in [0.29, 0.717) is 13.1 Å². The van der Waals surface area contributed by atoms with E-state index in [-0.39, 0.29) is 11.3 Å². The average molecular weight is 278 g/mol. The van der Waals surface area contributed by atoms with Crippen molar-refractivity contribution < 1.29 is 9.90 Å². The van der Waals surface area contributed by atoms with Gasteiger partial charge in [0.25, 0.3) is 0 Å². The lowest BCUT2D eigenvalue weighted by Crippen LogP contribution is -2.55. The molecule has 0 aromatic heterocycles. The van der Waals surface area contributed by atoms with E-state index < -0.39 is 5.60 Å². The number of rotatable bonds is 3. The molecule has 112 valence electrons. The fourth-order valence-corrected chi connectivity index (χ4v) is 5.70. The van der Waals surface area contributed by atoms with E-state index in [1.54, 1.807) is 0 Å². The highest BCUT2D eigenvalue weighted by atomic mass is 16.3. The number of carbonyl (C=O) groups excluding carboxylic acids is 1. The highest BCUT2D eigenvalue weighted by molar-refractivity contribution is 5.83. The lowest BCUT2D eigenvalue weighted by molar-refractivity contribution is -0.147. The van der Waals surface area contributed by atoms with Crippen LogP contribution in [-0.2, 0) is 4.79 Å². The maximum Gasteiger partial charge on any atom is 0.226 e. The normalized spacial score (nSPS) is 49.5. The van der Waals surface area contributed by atoms with Crippen molar-refractivity contribution in [1.29, 1.82) is 0 Å². The summed E-state index contributed by atoms with van der Waals surface area (Å²) in [5.74, 6) is 2.62. The molecule has 0 spiro atoms. The number of nitrogens with one attached hydrogen (secondary N) is 2. The Balaban J connectivity index is 1.43. The van der Waals surface area contributed by atoms with E-state index in [1.807, 2.05) is 0 Å². The van der Waals surface area contributed by atoms with Crippen molar-refractivity contribution in [3.63, 3.8) is 0 Å². The maximum atomic E-state index is 12.8. The Morgan fingerprint density at radius 2 is 1.75 bits per heavy atom. The zero-order valence-electron chi connectivity index (χ0n) is 12.2. The molecule has 1 aliphatic heterocycles. The van der Waals surface area contributed by atoms with Crippen molar-refractivity contribution >= 4 is 5.91 Å². The van der Waals surface area contributed by atoms with E-state index in [2.05, 4.69) is 10.6 Å². The molecule has 1 amide bonds. The molecule has 5 aliphatic rings. The molecule has 0 radical (unpaired) electrons. The van der Waals surface area contributed by atoms with Gasteiger partial charge in [0.1, 0.15) is 0 Å². The third-order valence-corrected chi connectivity index (χ3v) is 6.32. The molecule has 1 unspecified atom stereocenters. The average Bonchev–Trinajstić information content (AvgIpc) is 2.82. The van der Waals surface area contributed by atoms with Gasteiger partial charge in [0.15, 0.2) is 0 Å². The third-order valence-electron chi connectivity index (χ3n) is 6.32. The Hall–Kier alpha value is -0.610. The number of hydrogen-bond donors (Lipinski definition) is 3. The topological polar surface area (TPSA) is 61.4 Å². The molecule has 4 heteroatoms. The Kier molecular flexibility index (Phi) is 2.90. The predicted octanol–water partition coefficient (Wildman–Crippen LogP) is 1.04. The second-order valence-electron chi connectivity index (χ2n) is 8.03. The number of β-amino-alcohol motifs (C(OH)–C–C–N with tert-alkyl or cyclic N) is 1. The van der Waals surface area contributed by atoms with Crippen molar-refractivity contribution in [2.75, 3.05) is 19.6 Å². The number of carbonyl (C=O) groups is 1. The van der Waals surface area contributed by atoms with Gasteiger partial charge < -0.3 is 15.7 Å². The van der Waals surface area contributed by atoms with Crippen LogP contribution in [0, 0.1) is 23.2 Å². The summed E-state index contributed by atoms with van der Waals surface area (Å²) in [7, 11) is 0. The summed E-state index contributed by atoms with van der Waals surface area (Å²) in [6.07, 6.45) is 8.12. The monoisotopic (exact) mass is 278 g/mol. The van der Waals surface area contributed by atoms with Crippen LogP contribution < -0.4 is 10.6 Å². The molecule has 1 saturated heterocycles. The van der Waals surface area contributed by atoms with Crippen LogP contribution in [0.3, 0.4) is 0 Å².